The van der Waals surface area contributed by atoms with Crippen LogP contribution in [0.4, 0.5) is 0 Å². The maximum Gasteiger partial charge on any atom is 0.307 e. The Kier molecular flexibility index (Phi) is 6.74. The molecular weight excluding hydrogens is 186 g/mol. The molecule has 0 aromatic carbocycles. The second-order valence-electron chi connectivity index (χ2n) is 3.06. The molecule has 0 fully saturated rings. The van der Waals surface area contributed by atoms with Crippen molar-refractivity contribution in [2.24, 2.45) is 0 Å². The van der Waals surface area contributed by atoms with Gasteiger partial charge in [-0.1, -0.05) is 0 Å². The van der Waals surface area contributed by atoms with Crippen LogP contribution in [-0.2, 0) is 14.3 Å². The van der Waals surface area contributed by atoms with E-state index in [1.165, 1.54) is 7.11 Å². The number of carbonyl (C=O) groups excluding carboxylic acids is 2. The number of ether oxygens (including phenoxy) is 1. The molecule has 0 aromatic rings. The summed E-state index contributed by atoms with van der Waals surface area (Å²) < 4.78 is 4.40. The molecule has 2 N–H and O–H groups in total. The Morgan fingerprint density at radius 3 is 2.57 bits per heavy atom. The quantitative estimate of drug-likeness (QED) is 0.587. The van der Waals surface area contributed by atoms with Gasteiger partial charge in [-0.15, -0.1) is 0 Å². The highest BCUT2D eigenvalue weighted by atomic mass is 16.5. The van der Waals surface area contributed by atoms with E-state index in [2.05, 4.69) is 10.1 Å². The van der Waals surface area contributed by atoms with Gasteiger partial charge in [0.25, 0.3) is 0 Å². The van der Waals surface area contributed by atoms with E-state index < -0.39 is 6.10 Å². The molecule has 0 aliphatic heterocycles. The fourth-order valence-corrected chi connectivity index (χ4v) is 0.834. The molecule has 1 unspecified atom stereocenters. The Balaban J connectivity index is 3.40. The topological polar surface area (TPSA) is 75.6 Å². The average molecular weight is 203 g/mol. The van der Waals surface area contributed by atoms with Gasteiger partial charge in [-0.3, -0.25) is 9.59 Å². The Labute approximate surface area is 83.4 Å². The number of methoxy groups -OCH3 is 1. The average Bonchev–Trinajstić information content (AvgIpc) is 2.14. The molecule has 5 heteroatoms. The molecule has 0 saturated carbocycles. The second kappa shape index (κ2) is 7.32. The molecular formula is C9H17NO4. The third kappa shape index (κ3) is 7.54. The minimum Gasteiger partial charge on any atom is -0.469 e. The molecule has 0 rings (SSSR count). The highest BCUT2D eigenvalue weighted by Gasteiger charge is 2.05. The lowest BCUT2D eigenvalue weighted by molar-refractivity contribution is -0.140. The maximum absolute atomic E-state index is 11.0. The zero-order chi connectivity index (χ0) is 11.0. The molecule has 0 bridgehead atoms. The number of aliphatic hydroxyl groups is 1. The van der Waals surface area contributed by atoms with Crippen molar-refractivity contribution in [3.63, 3.8) is 0 Å². The maximum atomic E-state index is 11.0. The fourth-order valence-electron chi connectivity index (χ4n) is 0.834. The molecule has 14 heavy (non-hydrogen) atoms. The molecule has 82 valence electrons. The Hall–Kier alpha value is -1.10. The largest absolute Gasteiger partial charge is 0.469 e. The Morgan fingerprint density at radius 2 is 2.07 bits per heavy atom. The van der Waals surface area contributed by atoms with Crippen molar-refractivity contribution in [1.29, 1.82) is 0 Å². The number of nitrogens with one attached hydrogen (secondary N) is 1. The molecule has 0 spiro atoms. The van der Waals surface area contributed by atoms with Crippen LogP contribution in [0.3, 0.4) is 0 Å². The number of hydrogen-bond acceptors (Lipinski definition) is 4. The van der Waals surface area contributed by atoms with Crippen LogP contribution >= 0.6 is 0 Å². The molecule has 5 nitrogen and oxygen atoms in total. The zero-order valence-electron chi connectivity index (χ0n) is 8.58. The lowest BCUT2D eigenvalue weighted by atomic mass is 10.2. The van der Waals surface area contributed by atoms with Gasteiger partial charge in [0, 0.05) is 13.0 Å². The Bertz CT molecular complexity index is 191. The molecule has 1 amide bonds. The monoisotopic (exact) mass is 203 g/mol. The number of carbonyl (C=O) groups is 2. The molecule has 0 aliphatic rings. The fraction of sp³-hybridized carbons (Fsp3) is 0.778. The standard InChI is InChI=1S/C9H17NO4/c1-7(11)3-4-8(12)10-6-5-9(13)14-2/h7,11H,3-6H2,1-2H3,(H,10,12). The Morgan fingerprint density at radius 1 is 1.43 bits per heavy atom. The van der Waals surface area contributed by atoms with E-state index >= 15 is 0 Å². The number of rotatable bonds is 6. The van der Waals surface area contributed by atoms with Crippen molar-refractivity contribution in [3.05, 3.63) is 0 Å². The summed E-state index contributed by atoms with van der Waals surface area (Å²) in [5.41, 5.74) is 0. The first kappa shape index (κ1) is 12.9. The van der Waals surface area contributed by atoms with Crippen LogP contribution in [0.2, 0.25) is 0 Å². The lowest BCUT2D eigenvalue weighted by Crippen LogP contribution is -2.26. The lowest BCUT2D eigenvalue weighted by Gasteiger charge is -2.05. The van der Waals surface area contributed by atoms with Gasteiger partial charge in [0.05, 0.1) is 19.6 Å². The minimum absolute atomic E-state index is 0.158. The number of hydrogen-bond donors (Lipinski definition) is 2. The van der Waals surface area contributed by atoms with Crippen LogP contribution in [0, 0.1) is 0 Å². The van der Waals surface area contributed by atoms with E-state index in [4.69, 9.17) is 5.11 Å². The molecule has 1 atom stereocenters. The third-order valence-electron chi connectivity index (χ3n) is 1.67. The molecule has 0 aromatic heterocycles. The predicted molar refractivity (Wildman–Crippen MR) is 50.6 cm³/mol. The molecule has 0 heterocycles. The molecule has 0 saturated heterocycles. The summed E-state index contributed by atoms with van der Waals surface area (Å²) in [5.74, 6) is -0.504. The van der Waals surface area contributed by atoms with E-state index in [9.17, 15) is 9.59 Å². The van der Waals surface area contributed by atoms with Gasteiger partial charge >= 0.3 is 5.97 Å². The number of aliphatic hydroxyl groups excluding tert-OH is 1. The summed E-state index contributed by atoms with van der Waals surface area (Å²) in [4.78, 5) is 21.7. The summed E-state index contributed by atoms with van der Waals surface area (Å²) in [6, 6.07) is 0. The van der Waals surface area contributed by atoms with Crippen LogP contribution in [0.5, 0.6) is 0 Å². The summed E-state index contributed by atoms with van der Waals surface area (Å²) in [6.45, 7) is 1.91. The van der Waals surface area contributed by atoms with Crippen molar-refractivity contribution in [2.75, 3.05) is 13.7 Å². The van der Waals surface area contributed by atoms with Crippen molar-refractivity contribution in [1.82, 2.24) is 5.32 Å². The van der Waals surface area contributed by atoms with Gasteiger partial charge in [-0.2, -0.15) is 0 Å². The minimum atomic E-state index is -0.471. The summed E-state index contributed by atoms with van der Waals surface area (Å²) in [6.07, 6.45) is 0.418. The van der Waals surface area contributed by atoms with E-state index in [-0.39, 0.29) is 31.3 Å². The number of esters is 1. The first-order chi connectivity index (χ1) is 6.56. The van der Waals surface area contributed by atoms with Crippen molar-refractivity contribution in [2.45, 2.75) is 32.3 Å². The third-order valence-corrected chi connectivity index (χ3v) is 1.67. The highest BCUT2D eigenvalue weighted by molar-refractivity contribution is 5.76. The van der Waals surface area contributed by atoms with Gasteiger partial charge < -0.3 is 15.2 Å². The van der Waals surface area contributed by atoms with Gasteiger partial charge in [0.1, 0.15) is 0 Å². The van der Waals surface area contributed by atoms with Crippen LogP contribution in [0.15, 0.2) is 0 Å². The van der Waals surface area contributed by atoms with Crippen molar-refractivity contribution in [3.8, 4) is 0 Å². The first-order valence-electron chi connectivity index (χ1n) is 4.58. The van der Waals surface area contributed by atoms with Gasteiger partial charge in [0.2, 0.25) is 5.91 Å². The smallest absolute Gasteiger partial charge is 0.307 e. The predicted octanol–water partition coefficient (Wildman–Crippen LogP) is -0.173. The summed E-state index contributed by atoms with van der Waals surface area (Å²) in [5, 5.41) is 11.5. The normalized spacial score (nSPS) is 11.9. The number of amides is 1. The van der Waals surface area contributed by atoms with Crippen LogP contribution in [0.25, 0.3) is 0 Å². The first-order valence-corrected chi connectivity index (χ1v) is 4.58. The molecule has 0 aliphatic carbocycles. The SMILES string of the molecule is COC(=O)CCNC(=O)CCC(C)O. The van der Waals surface area contributed by atoms with Crippen molar-refractivity contribution >= 4 is 11.9 Å². The van der Waals surface area contributed by atoms with Gasteiger partial charge in [-0.05, 0) is 13.3 Å². The van der Waals surface area contributed by atoms with E-state index in [0.717, 1.165) is 0 Å². The van der Waals surface area contributed by atoms with Crippen LogP contribution in [-0.4, -0.2) is 36.7 Å². The highest BCUT2D eigenvalue weighted by Crippen LogP contribution is 1.95. The van der Waals surface area contributed by atoms with Crippen molar-refractivity contribution < 1.29 is 19.4 Å². The van der Waals surface area contributed by atoms with Gasteiger partial charge in [0.15, 0.2) is 0 Å². The van der Waals surface area contributed by atoms with Gasteiger partial charge in [-0.25, -0.2) is 0 Å². The van der Waals surface area contributed by atoms with Crippen LogP contribution in [0.1, 0.15) is 26.2 Å². The summed E-state index contributed by atoms with van der Waals surface area (Å²) in [7, 11) is 1.30. The van der Waals surface area contributed by atoms with Crippen LogP contribution < -0.4 is 5.32 Å². The van der Waals surface area contributed by atoms with E-state index in [1.807, 2.05) is 0 Å². The summed E-state index contributed by atoms with van der Waals surface area (Å²) >= 11 is 0. The zero-order valence-corrected chi connectivity index (χ0v) is 8.58. The second-order valence-corrected chi connectivity index (χ2v) is 3.06. The molecule has 0 radical (unpaired) electrons. The van der Waals surface area contributed by atoms with E-state index in [1.54, 1.807) is 6.92 Å². The van der Waals surface area contributed by atoms with E-state index in [0.29, 0.717) is 6.42 Å².